The van der Waals surface area contributed by atoms with Crippen LogP contribution >= 0.6 is 0 Å². The Morgan fingerprint density at radius 3 is 3.06 bits per heavy atom. The van der Waals surface area contributed by atoms with Gasteiger partial charge in [-0.15, -0.1) is 0 Å². The van der Waals surface area contributed by atoms with Crippen LogP contribution in [0, 0.1) is 0 Å². The van der Waals surface area contributed by atoms with Crippen molar-refractivity contribution in [1.82, 2.24) is 10.3 Å². The second kappa shape index (κ2) is 4.55. The van der Waals surface area contributed by atoms with Crippen LogP contribution in [-0.2, 0) is 4.74 Å². The number of nitrogens with one attached hydrogen (secondary N) is 1. The van der Waals surface area contributed by atoms with Crippen LogP contribution in [0.1, 0.15) is 49.3 Å². The van der Waals surface area contributed by atoms with Gasteiger partial charge in [0.05, 0.1) is 0 Å². The van der Waals surface area contributed by atoms with Gasteiger partial charge in [0.15, 0.2) is 5.89 Å². The number of nitrogens with zero attached hydrogens (tertiary/aromatic N) is 1. The van der Waals surface area contributed by atoms with Gasteiger partial charge in [0.1, 0.15) is 18.1 Å². The molecule has 16 heavy (non-hydrogen) atoms. The lowest BCUT2D eigenvalue weighted by molar-refractivity contribution is 0.108. The molecule has 1 N–H and O–H groups in total. The maximum absolute atomic E-state index is 5.60. The van der Waals surface area contributed by atoms with Crippen molar-refractivity contribution in [3.8, 4) is 0 Å². The smallest absolute Gasteiger partial charge is 0.198 e. The van der Waals surface area contributed by atoms with Gasteiger partial charge in [-0.2, -0.15) is 0 Å². The van der Waals surface area contributed by atoms with Crippen molar-refractivity contribution in [2.45, 2.75) is 37.7 Å². The van der Waals surface area contributed by atoms with Gasteiger partial charge in [0.25, 0.3) is 0 Å². The molecule has 4 heteroatoms. The maximum atomic E-state index is 5.60. The number of rotatable bonds is 2. The van der Waals surface area contributed by atoms with E-state index in [4.69, 9.17) is 9.15 Å². The summed E-state index contributed by atoms with van der Waals surface area (Å²) >= 11 is 0. The van der Waals surface area contributed by atoms with Crippen molar-refractivity contribution in [2.75, 3.05) is 19.7 Å². The number of hydrogen-bond donors (Lipinski definition) is 1. The Kier molecular flexibility index (Phi) is 2.93. The van der Waals surface area contributed by atoms with E-state index in [0.717, 1.165) is 44.1 Å². The summed E-state index contributed by atoms with van der Waals surface area (Å²) < 4.78 is 11.2. The van der Waals surface area contributed by atoms with Gasteiger partial charge < -0.3 is 14.5 Å². The third-order valence-electron chi connectivity index (χ3n) is 3.45. The molecule has 0 spiro atoms. The van der Waals surface area contributed by atoms with Gasteiger partial charge in [0, 0.05) is 19.1 Å². The number of hydrogen-bond acceptors (Lipinski definition) is 4. The Balaban J connectivity index is 1.71. The number of aromatic nitrogens is 1. The van der Waals surface area contributed by atoms with Crippen LogP contribution in [0.5, 0.6) is 0 Å². The van der Waals surface area contributed by atoms with Crippen LogP contribution in [0.4, 0.5) is 0 Å². The summed E-state index contributed by atoms with van der Waals surface area (Å²) in [5, 5.41) is 3.38. The van der Waals surface area contributed by atoms with Crippen molar-refractivity contribution >= 4 is 0 Å². The predicted molar refractivity (Wildman–Crippen MR) is 59.3 cm³/mol. The van der Waals surface area contributed by atoms with E-state index in [0.29, 0.717) is 5.92 Å². The Morgan fingerprint density at radius 1 is 1.31 bits per heavy atom. The molecule has 0 aliphatic carbocycles. The molecule has 2 aliphatic heterocycles. The molecule has 0 radical (unpaired) electrons. The SMILES string of the molecule is c1oc(C2CCCNC2)nc1C1CCCO1. The second-order valence-corrected chi connectivity index (χ2v) is 4.66. The van der Waals surface area contributed by atoms with Crippen molar-refractivity contribution < 1.29 is 9.15 Å². The van der Waals surface area contributed by atoms with Gasteiger partial charge in [-0.05, 0) is 32.2 Å². The van der Waals surface area contributed by atoms with Gasteiger partial charge in [0.2, 0.25) is 0 Å². The molecule has 2 unspecified atom stereocenters. The Bertz CT molecular complexity index is 339. The van der Waals surface area contributed by atoms with Gasteiger partial charge >= 0.3 is 0 Å². The number of piperidine rings is 1. The molecule has 2 atom stereocenters. The molecular weight excluding hydrogens is 204 g/mol. The summed E-state index contributed by atoms with van der Waals surface area (Å²) in [4.78, 5) is 4.58. The first-order chi connectivity index (χ1) is 7.93. The van der Waals surface area contributed by atoms with Crippen LogP contribution in [0.3, 0.4) is 0 Å². The first kappa shape index (κ1) is 10.3. The minimum atomic E-state index is 0.175. The molecule has 0 saturated carbocycles. The highest BCUT2D eigenvalue weighted by Crippen LogP contribution is 2.30. The van der Waals surface area contributed by atoms with Crippen molar-refractivity contribution in [3.05, 3.63) is 17.8 Å². The first-order valence-electron chi connectivity index (χ1n) is 6.21. The van der Waals surface area contributed by atoms with E-state index in [1.165, 1.54) is 12.8 Å². The fraction of sp³-hybridized carbons (Fsp3) is 0.750. The van der Waals surface area contributed by atoms with E-state index < -0.39 is 0 Å². The largest absolute Gasteiger partial charge is 0.448 e. The third-order valence-corrected chi connectivity index (χ3v) is 3.45. The topological polar surface area (TPSA) is 47.3 Å². The fourth-order valence-electron chi connectivity index (χ4n) is 2.51. The minimum Gasteiger partial charge on any atom is -0.448 e. The summed E-state index contributed by atoms with van der Waals surface area (Å²) in [6, 6.07) is 0. The Morgan fingerprint density at radius 2 is 2.31 bits per heavy atom. The highest BCUT2D eigenvalue weighted by molar-refractivity contribution is 5.06. The quantitative estimate of drug-likeness (QED) is 0.831. The molecule has 2 saturated heterocycles. The van der Waals surface area contributed by atoms with E-state index in [2.05, 4.69) is 10.3 Å². The lowest BCUT2D eigenvalue weighted by atomic mass is 10.00. The van der Waals surface area contributed by atoms with Crippen LogP contribution in [-0.4, -0.2) is 24.7 Å². The predicted octanol–water partition coefficient (Wildman–Crippen LogP) is 1.99. The molecule has 3 rings (SSSR count). The zero-order chi connectivity index (χ0) is 10.8. The average Bonchev–Trinajstić information content (AvgIpc) is 3.01. The molecular formula is C12H18N2O2. The minimum absolute atomic E-state index is 0.175. The fourth-order valence-corrected chi connectivity index (χ4v) is 2.51. The molecule has 88 valence electrons. The van der Waals surface area contributed by atoms with Crippen molar-refractivity contribution in [2.24, 2.45) is 0 Å². The van der Waals surface area contributed by atoms with E-state index in [1.54, 1.807) is 6.26 Å². The van der Waals surface area contributed by atoms with Gasteiger partial charge in [-0.3, -0.25) is 0 Å². The monoisotopic (exact) mass is 222 g/mol. The number of ether oxygens (including phenoxy) is 1. The molecule has 1 aromatic rings. The molecule has 0 amide bonds. The summed E-state index contributed by atoms with van der Waals surface area (Å²) in [5.41, 5.74) is 0.984. The maximum Gasteiger partial charge on any atom is 0.198 e. The highest BCUT2D eigenvalue weighted by Gasteiger charge is 2.24. The van der Waals surface area contributed by atoms with Crippen molar-refractivity contribution in [1.29, 1.82) is 0 Å². The summed E-state index contributed by atoms with van der Waals surface area (Å²) in [6.07, 6.45) is 6.56. The summed E-state index contributed by atoms with van der Waals surface area (Å²) in [7, 11) is 0. The van der Waals surface area contributed by atoms with Gasteiger partial charge in [-0.25, -0.2) is 4.98 Å². The number of oxazole rings is 1. The molecule has 0 aromatic carbocycles. The van der Waals surface area contributed by atoms with Crippen molar-refractivity contribution in [3.63, 3.8) is 0 Å². The second-order valence-electron chi connectivity index (χ2n) is 4.66. The van der Waals surface area contributed by atoms with Gasteiger partial charge in [-0.1, -0.05) is 0 Å². The molecule has 4 nitrogen and oxygen atoms in total. The first-order valence-corrected chi connectivity index (χ1v) is 6.21. The molecule has 0 bridgehead atoms. The molecule has 1 aromatic heterocycles. The lowest BCUT2D eigenvalue weighted by Gasteiger charge is -2.19. The van der Waals surface area contributed by atoms with Crippen LogP contribution in [0.25, 0.3) is 0 Å². The molecule has 3 heterocycles. The highest BCUT2D eigenvalue weighted by atomic mass is 16.5. The summed E-state index contributed by atoms with van der Waals surface area (Å²) in [5.74, 6) is 1.33. The van der Waals surface area contributed by atoms with Crippen LogP contribution < -0.4 is 5.32 Å². The zero-order valence-corrected chi connectivity index (χ0v) is 9.45. The normalized spacial score (nSPS) is 30.8. The Hall–Kier alpha value is -0.870. The third kappa shape index (κ3) is 1.99. The van der Waals surface area contributed by atoms with E-state index >= 15 is 0 Å². The van der Waals surface area contributed by atoms with E-state index in [-0.39, 0.29) is 6.10 Å². The Labute approximate surface area is 95.4 Å². The summed E-state index contributed by atoms with van der Waals surface area (Å²) in [6.45, 7) is 2.97. The van der Waals surface area contributed by atoms with E-state index in [1.807, 2.05) is 0 Å². The molecule has 2 aliphatic rings. The lowest BCUT2D eigenvalue weighted by Crippen LogP contribution is -2.28. The zero-order valence-electron chi connectivity index (χ0n) is 9.45. The van der Waals surface area contributed by atoms with Crippen LogP contribution in [0.2, 0.25) is 0 Å². The van der Waals surface area contributed by atoms with E-state index in [9.17, 15) is 0 Å². The standard InChI is InChI=1S/C12H18N2O2/c1-3-9(7-13-5-1)12-14-10(8-16-12)11-4-2-6-15-11/h8-9,11,13H,1-7H2. The molecule has 2 fully saturated rings. The average molecular weight is 222 g/mol. The van der Waals surface area contributed by atoms with Crippen LogP contribution in [0.15, 0.2) is 10.7 Å².